The first-order valence-electron chi connectivity index (χ1n) is 6.10. The first kappa shape index (κ1) is 12.1. The predicted octanol–water partition coefficient (Wildman–Crippen LogP) is 0.684. The Bertz CT molecular complexity index is 366. The summed E-state index contributed by atoms with van der Waals surface area (Å²) in [7, 11) is 6.17. The SMILES string of the molecule is CN1CCCN(c2nccc(N(C)C)n2)CC1. The maximum atomic E-state index is 4.58. The van der Waals surface area contributed by atoms with Gasteiger partial charge in [-0.2, -0.15) is 4.98 Å². The fourth-order valence-corrected chi connectivity index (χ4v) is 1.99. The summed E-state index contributed by atoms with van der Waals surface area (Å²) in [6.45, 7) is 4.29. The lowest BCUT2D eigenvalue weighted by Crippen LogP contribution is -2.30. The van der Waals surface area contributed by atoms with E-state index in [2.05, 4.69) is 26.8 Å². The molecule has 1 fully saturated rings. The molecule has 0 aromatic carbocycles. The van der Waals surface area contributed by atoms with Gasteiger partial charge in [0, 0.05) is 39.9 Å². The Morgan fingerprint density at radius 1 is 1.18 bits per heavy atom. The molecule has 0 bridgehead atoms. The van der Waals surface area contributed by atoms with Crippen LogP contribution in [-0.2, 0) is 0 Å². The minimum Gasteiger partial charge on any atom is -0.363 e. The number of rotatable bonds is 2. The van der Waals surface area contributed by atoms with E-state index in [4.69, 9.17) is 0 Å². The van der Waals surface area contributed by atoms with Gasteiger partial charge in [0.2, 0.25) is 5.95 Å². The third-order valence-corrected chi connectivity index (χ3v) is 3.09. The van der Waals surface area contributed by atoms with Gasteiger partial charge in [-0.3, -0.25) is 0 Å². The molecule has 5 heteroatoms. The lowest BCUT2D eigenvalue weighted by atomic mass is 10.4. The minimum absolute atomic E-state index is 0.853. The molecule has 0 amide bonds. The van der Waals surface area contributed by atoms with Crippen LogP contribution in [0, 0.1) is 0 Å². The molecule has 5 nitrogen and oxygen atoms in total. The maximum Gasteiger partial charge on any atom is 0.227 e. The van der Waals surface area contributed by atoms with E-state index in [1.54, 1.807) is 0 Å². The van der Waals surface area contributed by atoms with Crippen LogP contribution in [0.2, 0.25) is 0 Å². The molecule has 0 N–H and O–H groups in total. The molecule has 1 aliphatic heterocycles. The van der Waals surface area contributed by atoms with Gasteiger partial charge in [-0.1, -0.05) is 0 Å². The standard InChI is InChI=1S/C12H21N5/c1-15(2)11-5-6-13-12(14-11)17-8-4-7-16(3)9-10-17/h5-6H,4,7-10H2,1-3H3. The summed E-state index contributed by atoms with van der Waals surface area (Å²) >= 11 is 0. The summed E-state index contributed by atoms with van der Waals surface area (Å²) in [4.78, 5) is 15.6. The van der Waals surface area contributed by atoms with E-state index in [9.17, 15) is 0 Å². The Morgan fingerprint density at radius 3 is 2.76 bits per heavy atom. The van der Waals surface area contributed by atoms with E-state index >= 15 is 0 Å². The molecular formula is C12H21N5. The third-order valence-electron chi connectivity index (χ3n) is 3.09. The highest BCUT2D eigenvalue weighted by molar-refractivity contribution is 5.42. The highest BCUT2D eigenvalue weighted by Gasteiger charge is 2.15. The summed E-state index contributed by atoms with van der Waals surface area (Å²) < 4.78 is 0. The van der Waals surface area contributed by atoms with Crippen LogP contribution in [0.15, 0.2) is 12.3 Å². The summed E-state index contributed by atoms with van der Waals surface area (Å²) in [6.07, 6.45) is 3.01. The van der Waals surface area contributed by atoms with Crippen molar-refractivity contribution in [2.75, 3.05) is 57.1 Å². The van der Waals surface area contributed by atoms with Crippen molar-refractivity contribution >= 4 is 11.8 Å². The monoisotopic (exact) mass is 235 g/mol. The molecule has 1 aromatic rings. The van der Waals surface area contributed by atoms with E-state index < -0.39 is 0 Å². The van der Waals surface area contributed by atoms with E-state index in [1.165, 1.54) is 6.42 Å². The van der Waals surface area contributed by atoms with Gasteiger partial charge in [-0.25, -0.2) is 4.98 Å². The fourth-order valence-electron chi connectivity index (χ4n) is 1.99. The Balaban J connectivity index is 2.13. The second kappa shape index (κ2) is 5.31. The summed E-state index contributed by atoms with van der Waals surface area (Å²) in [5, 5.41) is 0. The fraction of sp³-hybridized carbons (Fsp3) is 0.667. The van der Waals surface area contributed by atoms with Crippen molar-refractivity contribution in [1.29, 1.82) is 0 Å². The molecule has 0 spiro atoms. The first-order chi connectivity index (χ1) is 8.16. The van der Waals surface area contributed by atoms with Crippen molar-refractivity contribution in [2.24, 2.45) is 0 Å². The van der Waals surface area contributed by atoms with Crippen molar-refractivity contribution in [2.45, 2.75) is 6.42 Å². The van der Waals surface area contributed by atoms with Gasteiger partial charge < -0.3 is 14.7 Å². The highest BCUT2D eigenvalue weighted by Crippen LogP contribution is 2.14. The number of hydrogen-bond acceptors (Lipinski definition) is 5. The maximum absolute atomic E-state index is 4.58. The van der Waals surface area contributed by atoms with Crippen molar-refractivity contribution < 1.29 is 0 Å². The molecule has 2 heterocycles. The van der Waals surface area contributed by atoms with Crippen molar-refractivity contribution in [1.82, 2.24) is 14.9 Å². The zero-order valence-electron chi connectivity index (χ0n) is 10.9. The van der Waals surface area contributed by atoms with Gasteiger partial charge in [0.05, 0.1) is 0 Å². The molecule has 94 valence electrons. The van der Waals surface area contributed by atoms with E-state index in [-0.39, 0.29) is 0 Å². The van der Waals surface area contributed by atoms with E-state index in [0.717, 1.165) is 37.9 Å². The molecule has 1 aliphatic rings. The van der Waals surface area contributed by atoms with Gasteiger partial charge in [0.25, 0.3) is 0 Å². The Hall–Kier alpha value is -1.36. The van der Waals surface area contributed by atoms with Gasteiger partial charge in [0.15, 0.2) is 0 Å². The molecule has 0 radical (unpaired) electrons. The summed E-state index contributed by atoms with van der Waals surface area (Å²) in [5.74, 6) is 1.82. The van der Waals surface area contributed by atoms with Crippen molar-refractivity contribution in [3.8, 4) is 0 Å². The molecule has 1 saturated heterocycles. The average molecular weight is 235 g/mol. The normalized spacial score (nSPS) is 17.9. The number of nitrogens with zero attached hydrogens (tertiary/aromatic N) is 5. The lowest BCUT2D eigenvalue weighted by molar-refractivity contribution is 0.360. The number of likely N-dealkylation sites (N-methyl/N-ethyl adjacent to an activating group) is 1. The molecule has 0 saturated carbocycles. The Labute approximate surface area is 103 Å². The van der Waals surface area contributed by atoms with Crippen LogP contribution in [0.1, 0.15) is 6.42 Å². The third kappa shape index (κ3) is 3.06. The largest absolute Gasteiger partial charge is 0.363 e. The van der Waals surface area contributed by atoms with Crippen LogP contribution >= 0.6 is 0 Å². The zero-order chi connectivity index (χ0) is 12.3. The van der Waals surface area contributed by atoms with Crippen LogP contribution in [0.5, 0.6) is 0 Å². The Kier molecular flexibility index (Phi) is 3.78. The highest BCUT2D eigenvalue weighted by atomic mass is 15.3. The smallest absolute Gasteiger partial charge is 0.227 e. The van der Waals surface area contributed by atoms with Crippen molar-refractivity contribution in [3.05, 3.63) is 12.3 Å². The molecule has 0 atom stereocenters. The molecule has 2 rings (SSSR count). The van der Waals surface area contributed by atoms with Crippen LogP contribution in [-0.4, -0.2) is 62.2 Å². The quantitative estimate of drug-likeness (QED) is 0.753. The number of aromatic nitrogens is 2. The summed E-state index contributed by atoms with van der Waals surface area (Å²) in [6, 6.07) is 1.94. The van der Waals surface area contributed by atoms with Crippen LogP contribution in [0.25, 0.3) is 0 Å². The van der Waals surface area contributed by atoms with Crippen molar-refractivity contribution in [3.63, 3.8) is 0 Å². The molecular weight excluding hydrogens is 214 g/mol. The predicted molar refractivity (Wildman–Crippen MR) is 70.7 cm³/mol. The number of anilines is 2. The molecule has 0 aliphatic carbocycles. The van der Waals surface area contributed by atoms with E-state index in [1.807, 2.05) is 31.3 Å². The van der Waals surface area contributed by atoms with Crippen LogP contribution in [0.3, 0.4) is 0 Å². The summed E-state index contributed by atoms with van der Waals surface area (Å²) in [5.41, 5.74) is 0. The van der Waals surface area contributed by atoms with Gasteiger partial charge in [0.1, 0.15) is 5.82 Å². The molecule has 17 heavy (non-hydrogen) atoms. The van der Waals surface area contributed by atoms with Gasteiger partial charge in [-0.05, 0) is 26.1 Å². The van der Waals surface area contributed by atoms with Gasteiger partial charge in [-0.15, -0.1) is 0 Å². The van der Waals surface area contributed by atoms with E-state index in [0.29, 0.717) is 0 Å². The molecule has 1 aromatic heterocycles. The molecule has 0 unspecified atom stereocenters. The average Bonchev–Trinajstić information content (AvgIpc) is 2.54. The van der Waals surface area contributed by atoms with Gasteiger partial charge >= 0.3 is 0 Å². The van der Waals surface area contributed by atoms with Crippen LogP contribution < -0.4 is 9.80 Å². The lowest BCUT2D eigenvalue weighted by Gasteiger charge is -2.21. The Morgan fingerprint density at radius 2 is 2.00 bits per heavy atom. The first-order valence-corrected chi connectivity index (χ1v) is 6.10. The second-order valence-corrected chi connectivity index (χ2v) is 4.75. The minimum atomic E-state index is 0.853. The second-order valence-electron chi connectivity index (χ2n) is 4.75. The number of hydrogen-bond donors (Lipinski definition) is 0. The van der Waals surface area contributed by atoms with Crippen LogP contribution in [0.4, 0.5) is 11.8 Å². The zero-order valence-corrected chi connectivity index (χ0v) is 10.9. The topological polar surface area (TPSA) is 35.5 Å².